The SMILES string of the molecule is CC(C)CCN(CCC#N)c1cccc(F)c1C#N. The Balaban J connectivity index is 3.00. The molecule has 19 heavy (non-hydrogen) atoms. The van der Waals surface area contributed by atoms with Gasteiger partial charge in [-0.1, -0.05) is 19.9 Å². The fraction of sp³-hybridized carbons (Fsp3) is 0.467. The lowest BCUT2D eigenvalue weighted by atomic mass is 10.1. The van der Waals surface area contributed by atoms with Crippen molar-refractivity contribution in [2.75, 3.05) is 18.0 Å². The molecule has 0 unspecified atom stereocenters. The second kappa shape index (κ2) is 7.38. The third-order valence-corrected chi connectivity index (χ3v) is 2.91. The first-order valence-corrected chi connectivity index (χ1v) is 6.40. The standard InChI is InChI=1S/C15H18FN3/c1-12(2)7-10-19(9-4-8-17)15-6-3-5-14(16)13(15)11-18/h3,5-6,12H,4,7,9-10H2,1-2H3. The number of rotatable bonds is 6. The number of hydrogen-bond donors (Lipinski definition) is 0. The summed E-state index contributed by atoms with van der Waals surface area (Å²) in [6.45, 7) is 5.46. The first kappa shape index (κ1) is 15.0. The number of anilines is 1. The van der Waals surface area contributed by atoms with Crippen LogP contribution in [0.2, 0.25) is 0 Å². The van der Waals surface area contributed by atoms with Gasteiger partial charge in [-0.15, -0.1) is 0 Å². The van der Waals surface area contributed by atoms with Gasteiger partial charge in [0.25, 0.3) is 0 Å². The summed E-state index contributed by atoms with van der Waals surface area (Å²) in [6, 6.07) is 8.62. The van der Waals surface area contributed by atoms with Gasteiger partial charge in [-0.3, -0.25) is 0 Å². The van der Waals surface area contributed by atoms with Crippen molar-refractivity contribution in [3.63, 3.8) is 0 Å². The summed E-state index contributed by atoms with van der Waals surface area (Å²) in [6.07, 6.45) is 1.30. The minimum absolute atomic E-state index is 0.0594. The van der Waals surface area contributed by atoms with Gasteiger partial charge < -0.3 is 4.90 Å². The van der Waals surface area contributed by atoms with E-state index in [1.807, 2.05) is 11.0 Å². The zero-order valence-corrected chi connectivity index (χ0v) is 11.4. The maximum Gasteiger partial charge on any atom is 0.143 e. The third-order valence-electron chi connectivity index (χ3n) is 2.91. The molecule has 0 aliphatic carbocycles. The molecule has 3 nitrogen and oxygen atoms in total. The van der Waals surface area contributed by atoms with Gasteiger partial charge in [0.15, 0.2) is 0 Å². The van der Waals surface area contributed by atoms with Crippen LogP contribution in [0.4, 0.5) is 10.1 Å². The average molecular weight is 259 g/mol. The molecule has 0 bridgehead atoms. The largest absolute Gasteiger partial charge is 0.369 e. The summed E-state index contributed by atoms with van der Waals surface area (Å²) in [5.41, 5.74) is 0.641. The Hall–Kier alpha value is -2.07. The maximum atomic E-state index is 13.6. The van der Waals surface area contributed by atoms with E-state index >= 15 is 0 Å². The lowest BCUT2D eigenvalue weighted by Crippen LogP contribution is -2.27. The van der Waals surface area contributed by atoms with Crippen LogP contribution in [-0.4, -0.2) is 13.1 Å². The van der Waals surface area contributed by atoms with E-state index in [1.165, 1.54) is 6.07 Å². The predicted molar refractivity (Wildman–Crippen MR) is 73.0 cm³/mol. The van der Waals surface area contributed by atoms with Crippen molar-refractivity contribution < 1.29 is 4.39 Å². The molecule has 0 saturated carbocycles. The molecule has 0 heterocycles. The van der Waals surface area contributed by atoms with Gasteiger partial charge >= 0.3 is 0 Å². The van der Waals surface area contributed by atoms with E-state index in [0.29, 0.717) is 24.6 Å². The Morgan fingerprint density at radius 2 is 2.00 bits per heavy atom. The number of hydrogen-bond acceptors (Lipinski definition) is 3. The zero-order chi connectivity index (χ0) is 14.3. The summed E-state index contributed by atoms with van der Waals surface area (Å²) in [5, 5.41) is 17.8. The Bertz CT molecular complexity index is 497. The number of benzene rings is 1. The molecule has 0 aliphatic rings. The summed E-state index contributed by atoms with van der Waals surface area (Å²) < 4.78 is 13.6. The fourth-order valence-electron chi connectivity index (χ4n) is 1.84. The van der Waals surface area contributed by atoms with Crippen molar-refractivity contribution in [3.05, 3.63) is 29.6 Å². The van der Waals surface area contributed by atoms with Crippen LogP contribution < -0.4 is 4.90 Å². The van der Waals surface area contributed by atoms with Gasteiger partial charge in [0.05, 0.1) is 18.2 Å². The van der Waals surface area contributed by atoms with Crippen LogP contribution in [0, 0.1) is 34.4 Å². The molecule has 4 heteroatoms. The molecule has 0 amide bonds. The molecule has 0 N–H and O–H groups in total. The Kier molecular flexibility index (Phi) is 5.82. The highest BCUT2D eigenvalue weighted by Crippen LogP contribution is 2.23. The van der Waals surface area contributed by atoms with E-state index in [9.17, 15) is 4.39 Å². The van der Waals surface area contributed by atoms with Gasteiger partial charge in [-0.05, 0) is 24.5 Å². The summed E-state index contributed by atoms with van der Waals surface area (Å²) in [5.74, 6) is 0.00943. The monoisotopic (exact) mass is 259 g/mol. The Morgan fingerprint density at radius 3 is 2.58 bits per heavy atom. The third kappa shape index (κ3) is 4.26. The quantitative estimate of drug-likeness (QED) is 0.786. The molecule has 1 aromatic carbocycles. The van der Waals surface area contributed by atoms with Crippen molar-refractivity contribution in [1.29, 1.82) is 10.5 Å². The summed E-state index contributed by atoms with van der Waals surface area (Å²) in [7, 11) is 0. The molecule has 0 saturated heterocycles. The van der Waals surface area contributed by atoms with E-state index in [-0.39, 0.29) is 5.56 Å². The minimum Gasteiger partial charge on any atom is -0.369 e. The van der Waals surface area contributed by atoms with E-state index < -0.39 is 5.82 Å². The highest BCUT2D eigenvalue weighted by molar-refractivity contribution is 5.59. The normalized spacial score (nSPS) is 10.0. The van der Waals surface area contributed by atoms with Crippen LogP contribution in [0.25, 0.3) is 0 Å². The number of halogens is 1. The first-order valence-electron chi connectivity index (χ1n) is 6.40. The fourth-order valence-corrected chi connectivity index (χ4v) is 1.84. The maximum absolute atomic E-state index is 13.6. The van der Waals surface area contributed by atoms with Gasteiger partial charge in [-0.25, -0.2) is 4.39 Å². The van der Waals surface area contributed by atoms with Crippen molar-refractivity contribution in [2.24, 2.45) is 5.92 Å². The number of nitrogens with zero attached hydrogens (tertiary/aromatic N) is 3. The predicted octanol–water partition coefficient (Wildman–Crippen LogP) is 3.46. The van der Waals surface area contributed by atoms with Crippen LogP contribution in [0.15, 0.2) is 18.2 Å². The van der Waals surface area contributed by atoms with E-state index in [0.717, 1.165) is 13.0 Å². The highest BCUT2D eigenvalue weighted by Gasteiger charge is 2.14. The smallest absolute Gasteiger partial charge is 0.143 e. The highest BCUT2D eigenvalue weighted by atomic mass is 19.1. The topological polar surface area (TPSA) is 50.8 Å². The second-order valence-electron chi connectivity index (χ2n) is 4.82. The average Bonchev–Trinajstić information content (AvgIpc) is 2.38. The van der Waals surface area contributed by atoms with Crippen molar-refractivity contribution >= 4 is 5.69 Å². The van der Waals surface area contributed by atoms with Gasteiger partial charge in [0, 0.05) is 13.1 Å². The molecule has 0 radical (unpaired) electrons. The molecule has 0 fully saturated rings. The summed E-state index contributed by atoms with van der Waals surface area (Å²) in [4.78, 5) is 1.92. The molecule has 1 rings (SSSR count). The van der Waals surface area contributed by atoms with Crippen molar-refractivity contribution in [2.45, 2.75) is 26.7 Å². The molecule has 100 valence electrons. The molecule has 0 spiro atoms. The summed E-state index contributed by atoms with van der Waals surface area (Å²) >= 11 is 0. The molecule has 0 aliphatic heterocycles. The van der Waals surface area contributed by atoms with E-state index in [1.54, 1.807) is 12.1 Å². The van der Waals surface area contributed by atoms with Crippen LogP contribution in [0.3, 0.4) is 0 Å². The van der Waals surface area contributed by atoms with Crippen LogP contribution in [-0.2, 0) is 0 Å². The first-order chi connectivity index (χ1) is 9.10. The van der Waals surface area contributed by atoms with Crippen LogP contribution in [0.5, 0.6) is 0 Å². The van der Waals surface area contributed by atoms with Crippen molar-refractivity contribution in [1.82, 2.24) is 0 Å². The Labute approximate surface area is 113 Å². The molecule has 0 aromatic heterocycles. The van der Waals surface area contributed by atoms with Crippen LogP contribution >= 0.6 is 0 Å². The van der Waals surface area contributed by atoms with Gasteiger partial charge in [0.1, 0.15) is 17.4 Å². The van der Waals surface area contributed by atoms with Gasteiger partial charge in [0.2, 0.25) is 0 Å². The molecular formula is C15H18FN3. The Morgan fingerprint density at radius 1 is 1.26 bits per heavy atom. The van der Waals surface area contributed by atoms with E-state index in [4.69, 9.17) is 10.5 Å². The van der Waals surface area contributed by atoms with E-state index in [2.05, 4.69) is 19.9 Å². The molecular weight excluding hydrogens is 241 g/mol. The number of nitriles is 2. The van der Waals surface area contributed by atoms with Crippen molar-refractivity contribution in [3.8, 4) is 12.1 Å². The molecule has 1 aromatic rings. The lowest BCUT2D eigenvalue weighted by Gasteiger charge is -2.25. The zero-order valence-electron chi connectivity index (χ0n) is 11.4. The minimum atomic E-state index is -0.508. The van der Waals surface area contributed by atoms with Crippen LogP contribution in [0.1, 0.15) is 32.3 Å². The lowest BCUT2D eigenvalue weighted by molar-refractivity contribution is 0.571. The molecule has 0 atom stereocenters. The second-order valence-corrected chi connectivity index (χ2v) is 4.82. The van der Waals surface area contributed by atoms with Gasteiger partial charge in [-0.2, -0.15) is 10.5 Å².